The van der Waals surface area contributed by atoms with Crippen molar-refractivity contribution in [3.8, 4) is 0 Å². The molecule has 7 nitrogen and oxygen atoms in total. The monoisotopic (exact) mass is 431 g/mol. The van der Waals surface area contributed by atoms with E-state index in [4.69, 9.17) is 33.1 Å². The highest BCUT2D eigenvalue weighted by Gasteiger charge is 2.18. The first-order valence-corrected chi connectivity index (χ1v) is 11.0. The summed E-state index contributed by atoms with van der Waals surface area (Å²) in [4.78, 5) is 0. The van der Waals surface area contributed by atoms with Crippen molar-refractivity contribution in [3.05, 3.63) is 64.7 Å². The van der Waals surface area contributed by atoms with Crippen molar-refractivity contribution in [1.29, 1.82) is 21.6 Å². The van der Waals surface area contributed by atoms with E-state index in [0.717, 1.165) is 43.4 Å². The van der Waals surface area contributed by atoms with Gasteiger partial charge in [-0.05, 0) is 54.5 Å². The lowest BCUT2D eigenvalue weighted by molar-refractivity contribution is 0.342. The number of nitrogens with one attached hydrogen (secondary N) is 5. The Morgan fingerprint density at radius 3 is 2.38 bits per heavy atom. The summed E-state index contributed by atoms with van der Waals surface area (Å²) in [7, 11) is 0. The molecule has 2 aromatic carbocycles. The van der Waals surface area contributed by atoms with Gasteiger partial charge in [0.1, 0.15) is 0 Å². The molecule has 0 bridgehead atoms. The molecule has 1 saturated carbocycles. The standard InChI is InChI=1S/C25H33N7/c26-13-19(14-27)18-4-9-23(29)22(12-18)25(31)24(30)11-16-2-1-3-17(10-16)15-32-21-7-5-20(28)6-8-21/h1-4,9-10,12-14,19-21,26-27,30-32H,5-8,11,15,28-29H2. The zero-order valence-corrected chi connectivity index (χ0v) is 18.3. The van der Waals surface area contributed by atoms with E-state index in [1.165, 1.54) is 12.4 Å². The van der Waals surface area contributed by atoms with E-state index in [1.807, 2.05) is 12.1 Å². The molecular weight excluding hydrogens is 398 g/mol. The Bertz CT molecular complexity index is 982. The fourth-order valence-electron chi connectivity index (χ4n) is 4.13. The number of hydrogen-bond acceptors (Lipinski definition) is 7. The lowest BCUT2D eigenvalue weighted by Crippen LogP contribution is -2.37. The smallest absolute Gasteiger partial charge is 0.0844 e. The highest BCUT2D eigenvalue weighted by atomic mass is 14.9. The minimum atomic E-state index is -0.458. The molecule has 0 spiro atoms. The Balaban J connectivity index is 1.65. The van der Waals surface area contributed by atoms with Crippen LogP contribution in [0.4, 0.5) is 5.69 Å². The zero-order valence-electron chi connectivity index (χ0n) is 18.3. The molecule has 9 N–H and O–H groups in total. The van der Waals surface area contributed by atoms with E-state index in [2.05, 4.69) is 17.4 Å². The van der Waals surface area contributed by atoms with Gasteiger partial charge in [-0.15, -0.1) is 0 Å². The van der Waals surface area contributed by atoms with Gasteiger partial charge < -0.3 is 33.0 Å². The second-order valence-corrected chi connectivity index (χ2v) is 8.55. The maximum atomic E-state index is 8.52. The molecule has 1 fully saturated rings. The second-order valence-electron chi connectivity index (χ2n) is 8.55. The first kappa shape index (κ1) is 23.5. The van der Waals surface area contributed by atoms with Gasteiger partial charge in [0, 0.05) is 48.7 Å². The normalized spacial score (nSPS) is 19.2. The molecule has 168 valence electrons. The largest absolute Gasteiger partial charge is 0.398 e. The number of hydrogen-bond donors (Lipinski definition) is 7. The number of rotatable bonds is 10. The third-order valence-electron chi connectivity index (χ3n) is 6.13. The molecule has 7 heteroatoms. The Kier molecular flexibility index (Phi) is 8.03. The van der Waals surface area contributed by atoms with Crippen LogP contribution in [0.1, 0.15) is 53.9 Å². The maximum absolute atomic E-state index is 8.52. The van der Waals surface area contributed by atoms with Gasteiger partial charge in [0.25, 0.3) is 0 Å². The van der Waals surface area contributed by atoms with Crippen molar-refractivity contribution < 1.29 is 0 Å². The fourth-order valence-corrected chi connectivity index (χ4v) is 4.13. The molecule has 0 aromatic heterocycles. The van der Waals surface area contributed by atoms with Crippen molar-refractivity contribution in [2.24, 2.45) is 5.73 Å². The fraction of sp³-hybridized carbons (Fsp3) is 0.360. The van der Waals surface area contributed by atoms with Gasteiger partial charge in [0.05, 0.1) is 17.3 Å². The van der Waals surface area contributed by atoms with Crippen molar-refractivity contribution in [3.63, 3.8) is 0 Å². The van der Waals surface area contributed by atoms with Gasteiger partial charge >= 0.3 is 0 Å². The first-order chi connectivity index (χ1) is 15.4. The van der Waals surface area contributed by atoms with Crippen molar-refractivity contribution >= 4 is 29.5 Å². The molecule has 0 radical (unpaired) electrons. The molecule has 1 aliphatic rings. The molecule has 0 heterocycles. The summed E-state index contributed by atoms with van der Waals surface area (Å²) in [5.74, 6) is -0.458. The molecule has 0 atom stereocenters. The van der Waals surface area contributed by atoms with Gasteiger partial charge in [-0.2, -0.15) is 0 Å². The van der Waals surface area contributed by atoms with Gasteiger partial charge in [0.2, 0.25) is 0 Å². The predicted molar refractivity (Wildman–Crippen MR) is 133 cm³/mol. The number of anilines is 1. The average molecular weight is 432 g/mol. The average Bonchev–Trinajstić information content (AvgIpc) is 2.80. The Labute approximate surface area is 189 Å². The summed E-state index contributed by atoms with van der Waals surface area (Å²) in [6.45, 7) is 0.780. The summed E-state index contributed by atoms with van der Waals surface area (Å²) < 4.78 is 0. The molecule has 0 aliphatic heterocycles. The molecule has 32 heavy (non-hydrogen) atoms. The number of nitrogens with two attached hydrogens (primary N) is 2. The Hall–Kier alpha value is -3.16. The topological polar surface area (TPSA) is 159 Å². The molecular formula is C25H33N7. The summed E-state index contributed by atoms with van der Waals surface area (Å²) in [6.07, 6.45) is 7.06. The minimum Gasteiger partial charge on any atom is -0.398 e. The third kappa shape index (κ3) is 5.96. The van der Waals surface area contributed by atoms with Gasteiger partial charge in [-0.25, -0.2) is 0 Å². The summed E-state index contributed by atoms with van der Waals surface area (Å²) >= 11 is 0. The van der Waals surface area contributed by atoms with E-state index >= 15 is 0 Å². The molecule has 0 amide bonds. The van der Waals surface area contributed by atoms with Crippen LogP contribution < -0.4 is 16.8 Å². The highest BCUT2D eigenvalue weighted by molar-refractivity contribution is 6.47. The number of benzene rings is 2. The van der Waals surface area contributed by atoms with Crippen LogP contribution in [0.25, 0.3) is 0 Å². The molecule has 3 rings (SSSR count). The number of nitrogen functional groups attached to an aromatic ring is 1. The van der Waals surface area contributed by atoms with E-state index in [-0.39, 0.29) is 11.4 Å². The molecule has 0 saturated heterocycles. The first-order valence-electron chi connectivity index (χ1n) is 11.0. The van der Waals surface area contributed by atoms with Crippen LogP contribution in [0.5, 0.6) is 0 Å². The van der Waals surface area contributed by atoms with Crippen molar-refractivity contribution in [1.82, 2.24) is 5.32 Å². The Morgan fingerprint density at radius 2 is 1.69 bits per heavy atom. The van der Waals surface area contributed by atoms with E-state index in [1.54, 1.807) is 18.2 Å². The van der Waals surface area contributed by atoms with Crippen molar-refractivity contribution in [2.45, 2.75) is 56.7 Å². The van der Waals surface area contributed by atoms with Crippen LogP contribution in [-0.2, 0) is 13.0 Å². The summed E-state index contributed by atoms with van der Waals surface area (Å²) in [5, 5.41) is 35.6. The zero-order chi connectivity index (χ0) is 23.1. The van der Waals surface area contributed by atoms with Crippen LogP contribution in [-0.4, -0.2) is 35.9 Å². The van der Waals surface area contributed by atoms with Crippen LogP contribution in [0, 0.1) is 21.6 Å². The lowest BCUT2D eigenvalue weighted by Gasteiger charge is -2.27. The SMILES string of the molecule is N=CC(C=N)c1ccc(N)c(C(=N)C(=N)Cc2cccc(CNC3CCC(N)CC3)c2)c1. The van der Waals surface area contributed by atoms with Gasteiger partial charge in [-0.3, -0.25) is 5.41 Å². The molecule has 0 unspecified atom stereocenters. The molecule has 2 aromatic rings. The molecule has 1 aliphatic carbocycles. The van der Waals surface area contributed by atoms with E-state index in [9.17, 15) is 0 Å². The third-order valence-corrected chi connectivity index (χ3v) is 6.13. The summed E-state index contributed by atoms with van der Waals surface area (Å²) in [5.41, 5.74) is 16.1. The van der Waals surface area contributed by atoms with Crippen LogP contribution in [0.3, 0.4) is 0 Å². The van der Waals surface area contributed by atoms with Crippen LogP contribution >= 0.6 is 0 Å². The maximum Gasteiger partial charge on any atom is 0.0844 e. The lowest BCUT2D eigenvalue weighted by atomic mass is 9.91. The predicted octanol–water partition coefficient (Wildman–Crippen LogP) is 3.64. The van der Waals surface area contributed by atoms with Crippen molar-refractivity contribution in [2.75, 3.05) is 5.73 Å². The van der Waals surface area contributed by atoms with Crippen LogP contribution in [0.15, 0.2) is 42.5 Å². The second kappa shape index (κ2) is 10.9. The van der Waals surface area contributed by atoms with Gasteiger partial charge in [-0.1, -0.05) is 30.3 Å². The van der Waals surface area contributed by atoms with Gasteiger partial charge in [0.15, 0.2) is 0 Å². The van der Waals surface area contributed by atoms with E-state index in [0.29, 0.717) is 35.3 Å². The quantitative estimate of drug-likeness (QED) is 0.226. The minimum absolute atomic E-state index is 0.0696. The van der Waals surface area contributed by atoms with E-state index < -0.39 is 5.92 Å². The van der Waals surface area contributed by atoms with Crippen LogP contribution in [0.2, 0.25) is 0 Å². The summed E-state index contributed by atoms with van der Waals surface area (Å²) in [6, 6.07) is 14.1. The highest BCUT2D eigenvalue weighted by Crippen LogP contribution is 2.21. The Morgan fingerprint density at radius 1 is 1.00 bits per heavy atom.